The van der Waals surface area contributed by atoms with Gasteiger partial charge < -0.3 is 16.2 Å². The summed E-state index contributed by atoms with van der Waals surface area (Å²) in [7, 11) is 0. The summed E-state index contributed by atoms with van der Waals surface area (Å²) in [5, 5.41) is 17.6. The number of hydrogen-bond acceptors (Lipinski definition) is 6. The summed E-state index contributed by atoms with van der Waals surface area (Å²) in [6, 6.07) is -0.295. The van der Waals surface area contributed by atoms with Gasteiger partial charge in [0.2, 0.25) is 10.9 Å². The second kappa shape index (κ2) is 6.27. The number of fused-ring (bicyclic) bond motifs is 1. The van der Waals surface area contributed by atoms with Crippen molar-refractivity contribution in [2.45, 2.75) is 38.5 Å². The third-order valence-corrected chi connectivity index (χ3v) is 4.42. The number of nitrogens with one attached hydrogen (secondary N) is 1. The van der Waals surface area contributed by atoms with Crippen molar-refractivity contribution in [2.75, 3.05) is 0 Å². The number of rotatable bonds is 3. The second-order valence-corrected chi connectivity index (χ2v) is 6.36. The number of carbonyl (C=O) groups is 1. The number of aliphatic hydroxyl groups excluding tert-OH is 1. The van der Waals surface area contributed by atoms with Crippen LogP contribution in [0.15, 0.2) is 6.20 Å². The molecule has 9 heteroatoms. The van der Waals surface area contributed by atoms with Crippen LogP contribution in [0.3, 0.4) is 0 Å². The summed E-state index contributed by atoms with van der Waals surface area (Å²) < 4.78 is 1.72. The highest BCUT2D eigenvalue weighted by atomic mass is 35.5. The molecule has 1 aliphatic rings. The van der Waals surface area contributed by atoms with Crippen LogP contribution in [-0.4, -0.2) is 37.8 Å². The van der Waals surface area contributed by atoms with E-state index in [2.05, 4.69) is 15.4 Å². The lowest BCUT2D eigenvalue weighted by Gasteiger charge is -2.09. The number of imidazole rings is 1. The van der Waals surface area contributed by atoms with Crippen LogP contribution in [-0.2, 0) is 11.3 Å². The molecule has 4 N–H and O–H groups in total. The van der Waals surface area contributed by atoms with Crippen LogP contribution in [0.1, 0.15) is 23.5 Å². The summed E-state index contributed by atoms with van der Waals surface area (Å²) in [6.07, 6.45) is 2.21. The Balaban J connectivity index is 0.00000161. The third kappa shape index (κ3) is 3.34. The lowest BCUT2D eigenvalue weighted by atomic mass is 10.1. The summed E-state index contributed by atoms with van der Waals surface area (Å²) in [6.45, 7) is 2.30. The predicted octanol–water partition coefficient (Wildman–Crippen LogP) is 0.235. The Kier molecular flexibility index (Phi) is 4.82. The molecule has 3 atom stereocenters. The molecule has 0 bridgehead atoms. The zero-order valence-electron chi connectivity index (χ0n) is 11.5. The molecule has 7 nitrogen and oxygen atoms in total. The predicted molar refractivity (Wildman–Crippen MR) is 81.4 cm³/mol. The Morgan fingerprint density at radius 3 is 3.00 bits per heavy atom. The summed E-state index contributed by atoms with van der Waals surface area (Å²) in [5.74, 6) is -0.276. The molecule has 1 amide bonds. The van der Waals surface area contributed by atoms with Crippen LogP contribution in [0.4, 0.5) is 0 Å². The van der Waals surface area contributed by atoms with Gasteiger partial charge in [-0.25, -0.2) is 9.50 Å². The first-order valence-electron chi connectivity index (χ1n) is 6.56. The fourth-order valence-corrected chi connectivity index (χ4v) is 3.26. The minimum Gasteiger partial charge on any atom is -0.391 e. The Bertz CT molecular complexity index is 601. The number of amides is 1. The van der Waals surface area contributed by atoms with Gasteiger partial charge in [-0.2, -0.15) is 5.10 Å². The van der Waals surface area contributed by atoms with Gasteiger partial charge in [-0.1, -0.05) is 11.3 Å². The van der Waals surface area contributed by atoms with Crippen molar-refractivity contribution in [3.8, 4) is 0 Å². The van der Waals surface area contributed by atoms with Gasteiger partial charge in [-0.05, 0) is 19.8 Å². The summed E-state index contributed by atoms with van der Waals surface area (Å²) in [4.78, 5) is 17.2. The Morgan fingerprint density at radius 1 is 1.62 bits per heavy atom. The van der Waals surface area contributed by atoms with Gasteiger partial charge in [0, 0.05) is 12.0 Å². The Labute approximate surface area is 132 Å². The van der Waals surface area contributed by atoms with E-state index in [4.69, 9.17) is 5.73 Å². The highest BCUT2D eigenvalue weighted by molar-refractivity contribution is 7.16. The Hall–Kier alpha value is -1.22. The molecule has 3 rings (SSSR count). The van der Waals surface area contributed by atoms with E-state index in [1.165, 1.54) is 11.3 Å². The zero-order valence-corrected chi connectivity index (χ0v) is 13.2. The van der Waals surface area contributed by atoms with Crippen LogP contribution in [0, 0.1) is 12.8 Å². The van der Waals surface area contributed by atoms with Crippen LogP contribution < -0.4 is 11.1 Å². The molecule has 0 spiro atoms. The second-order valence-electron chi connectivity index (χ2n) is 5.20. The molecule has 0 unspecified atom stereocenters. The highest BCUT2D eigenvalue weighted by Crippen LogP contribution is 2.24. The van der Waals surface area contributed by atoms with Crippen LogP contribution in [0.25, 0.3) is 4.96 Å². The zero-order chi connectivity index (χ0) is 14.3. The number of halogens is 1. The molecule has 2 aromatic rings. The minimum absolute atomic E-state index is 0. The molecule has 0 aromatic carbocycles. The first-order valence-corrected chi connectivity index (χ1v) is 7.37. The maximum Gasteiger partial charge on any atom is 0.223 e. The fourth-order valence-electron chi connectivity index (χ4n) is 2.51. The van der Waals surface area contributed by atoms with E-state index in [9.17, 15) is 9.90 Å². The summed E-state index contributed by atoms with van der Waals surface area (Å²) >= 11 is 1.51. The van der Waals surface area contributed by atoms with Gasteiger partial charge in [-0.15, -0.1) is 12.4 Å². The molecule has 1 fully saturated rings. The van der Waals surface area contributed by atoms with Crippen molar-refractivity contribution < 1.29 is 9.90 Å². The number of aromatic nitrogens is 3. The molecular weight excluding hydrogens is 314 g/mol. The number of hydrogen-bond donors (Lipinski definition) is 3. The molecule has 116 valence electrons. The monoisotopic (exact) mass is 331 g/mol. The molecule has 1 saturated carbocycles. The molecule has 1 aliphatic carbocycles. The average Bonchev–Trinajstić information content (AvgIpc) is 3.00. The van der Waals surface area contributed by atoms with Crippen molar-refractivity contribution in [3.05, 3.63) is 16.9 Å². The van der Waals surface area contributed by atoms with E-state index in [1.54, 1.807) is 4.52 Å². The average molecular weight is 332 g/mol. The molecule has 0 saturated heterocycles. The molecule has 2 heterocycles. The van der Waals surface area contributed by atoms with Gasteiger partial charge in [0.25, 0.3) is 0 Å². The maximum absolute atomic E-state index is 12.0. The van der Waals surface area contributed by atoms with E-state index in [1.807, 2.05) is 13.1 Å². The number of nitrogens with zero attached hydrogens (tertiary/aromatic N) is 3. The van der Waals surface area contributed by atoms with Crippen molar-refractivity contribution in [1.82, 2.24) is 19.9 Å². The standard InChI is InChI=1S/C12H17N5O2S.ClH/c1-6-16-17-5-8(15-12(17)20-6)4-14-11(19)7-2-9(13)10(18)3-7;/h5,7,9-10,18H,2-4,13H2,1H3,(H,14,19);1H/t7-,9+,10+;/m0./s1. The van der Waals surface area contributed by atoms with E-state index in [0.717, 1.165) is 15.7 Å². The van der Waals surface area contributed by atoms with Crippen LogP contribution in [0.2, 0.25) is 0 Å². The lowest BCUT2D eigenvalue weighted by molar-refractivity contribution is -0.125. The van der Waals surface area contributed by atoms with Gasteiger partial charge >= 0.3 is 0 Å². The normalized spacial score (nSPS) is 25.0. The molecule has 2 aromatic heterocycles. The molecular formula is C12H18ClN5O2S. The quantitative estimate of drug-likeness (QED) is 0.747. The number of carbonyl (C=O) groups excluding carboxylic acids is 1. The SMILES string of the molecule is Cc1nn2cc(CNC(=O)[C@H]3C[C@@H](N)[C@H](O)C3)nc2s1.Cl. The van der Waals surface area contributed by atoms with E-state index in [-0.39, 0.29) is 30.3 Å². The minimum atomic E-state index is -0.573. The van der Waals surface area contributed by atoms with Crippen molar-refractivity contribution in [1.29, 1.82) is 0 Å². The molecule has 0 radical (unpaired) electrons. The third-order valence-electron chi connectivity index (χ3n) is 3.59. The first-order chi connectivity index (χ1) is 9.52. The van der Waals surface area contributed by atoms with E-state index >= 15 is 0 Å². The fraction of sp³-hybridized carbons (Fsp3) is 0.583. The molecule has 0 aliphatic heterocycles. The molecule has 21 heavy (non-hydrogen) atoms. The van der Waals surface area contributed by atoms with E-state index < -0.39 is 6.10 Å². The number of aryl methyl sites for hydroxylation is 1. The summed E-state index contributed by atoms with van der Waals surface area (Å²) in [5.41, 5.74) is 6.49. The van der Waals surface area contributed by atoms with Gasteiger partial charge in [0.05, 0.1) is 24.5 Å². The number of aliphatic hydroxyl groups is 1. The van der Waals surface area contributed by atoms with Crippen LogP contribution >= 0.6 is 23.7 Å². The highest BCUT2D eigenvalue weighted by Gasteiger charge is 2.34. The number of nitrogens with two attached hydrogens (primary N) is 1. The van der Waals surface area contributed by atoms with Crippen molar-refractivity contribution in [3.63, 3.8) is 0 Å². The van der Waals surface area contributed by atoms with Gasteiger partial charge in [0.1, 0.15) is 5.01 Å². The van der Waals surface area contributed by atoms with Crippen molar-refractivity contribution >= 4 is 34.6 Å². The topological polar surface area (TPSA) is 106 Å². The smallest absolute Gasteiger partial charge is 0.223 e. The van der Waals surface area contributed by atoms with E-state index in [0.29, 0.717) is 19.4 Å². The van der Waals surface area contributed by atoms with Gasteiger partial charge in [-0.3, -0.25) is 4.79 Å². The van der Waals surface area contributed by atoms with Crippen LogP contribution in [0.5, 0.6) is 0 Å². The first kappa shape index (κ1) is 16.2. The Morgan fingerprint density at radius 2 is 2.38 bits per heavy atom. The van der Waals surface area contributed by atoms with Gasteiger partial charge in [0.15, 0.2) is 0 Å². The largest absolute Gasteiger partial charge is 0.391 e. The maximum atomic E-state index is 12.0. The lowest BCUT2D eigenvalue weighted by Crippen LogP contribution is -2.30. The van der Waals surface area contributed by atoms with Crippen molar-refractivity contribution in [2.24, 2.45) is 11.7 Å².